The van der Waals surface area contributed by atoms with Crippen molar-refractivity contribution >= 4 is 0 Å². The van der Waals surface area contributed by atoms with E-state index < -0.39 is 5.60 Å². The third kappa shape index (κ3) is 4.58. The topological polar surface area (TPSA) is 32.7 Å². The number of aliphatic hydroxyl groups is 1. The molecule has 0 bridgehead atoms. The van der Waals surface area contributed by atoms with Crippen LogP contribution in [0.3, 0.4) is 0 Å². The lowest BCUT2D eigenvalue weighted by Gasteiger charge is -2.46. The summed E-state index contributed by atoms with van der Waals surface area (Å²) in [4.78, 5) is 2.48. The molecule has 2 unspecified atom stereocenters. The third-order valence-corrected chi connectivity index (χ3v) is 7.02. The minimum atomic E-state index is -0.853. The Morgan fingerprint density at radius 2 is 1.62 bits per heavy atom. The molecule has 2 aromatic rings. The molecule has 0 amide bonds. The largest absolute Gasteiger partial charge is 0.384 e. The molecule has 1 saturated carbocycles. The van der Waals surface area contributed by atoms with Crippen molar-refractivity contribution in [3.05, 3.63) is 71.3 Å². The van der Waals surface area contributed by atoms with Gasteiger partial charge in [0.2, 0.25) is 0 Å². The van der Waals surface area contributed by atoms with Gasteiger partial charge in [0.15, 0.2) is 0 Å². The maximum atomic E-state index is 12.6. The van der Waals surface area contributed by atoms with E-state index in [0.717, 1.165) is 51.3 Å². The normalized spacial score (nSPS) is 22.1. The monoisotopic (exact) mass is 393 g/mol. The Morgan fingerprint density at radius 3 is 2.28 bits per heavy atom. The Hall–Kier alpha value is -1.68. The fraction of sp³-hybridized carbons (Fsp3) is 0.538. The van der Waals surface area contributed by atoms with Crippen LogP contribution in [0.15, 0.2) is 54.6 Å². The molecule has 2 atom stereocenters. The molecular formula is C26H35NO2. The van der Waals surface area contributed by atoms with E-state index in [1.165, 1.54) is 30.4 Å². The van der Waals surface area contributed by atoms with E-state index in [2.05, 4.69) is 66.4 Å². The van der Waals surface area contributed by atoms with Gasteiger partial charge in [-0.05, 0) is 36.8 Å². The minimum absolute atomic E-state index is 0.0487. The molecule has 4 rings (SSSR count). The molecule has 3 nitrogen and oxygen atoms in total. The highest BCUT2D eigenvalue weighted by Crippen LogP contribution is 2.48. The van der Waals surface area contributed by atoms with Crippen molar-refractivity contribution in [2.24, 2.45) is 5.92 Å². The zero-order valence-corrected chi connectivity index (χ0v) is 17.7. The molecule has 1 aliphatic heterocycles. The van der Waals surface area contributed by atoms with Crippen molar-refractivity contribution in [3.63, 3.8) is 0 Å². The Kier molecular flexibility index (Phi) is 6.69. The summed E-state index contributed by atoms with van der Waals surface area (Å²) < 4.78 is 5.58. The number of aryl methyl sites for hydroxylation is 1. The summed E-state index contributed by atoms with van der Waals surface area (Å²) in [6, 6.07) is 19.3. The van der Waals surface area contributed by atoms with Crippen molar-refractivity contribution in [1.82, 2.24) is 4.90 Å². The highest BCUT2D eigenvalue weighted by atomic mass is 16.5. The highest BCUT2D eigenvalue weighted by molar-refractivity contribution is 5.34. The molecule has 2 fully saturated rings. The number of hydrogen-bond donors (Lipinski definition) is 1. The molecule has 2 aliphatic rings. The number of morpholine rings is 1. The molecule has 1 N–H and O–H groups in total. The van der Waals surface area contributed by atoms with Crippen LogP contribution in [0.1, 0.15) is 54.7 Å². The number of ether oxygens (including phenoxy) is 1. The molecule has 0 radical (unpaired) electrons. The van der Waals surface area contributed by atoms with Gasteiger partial charge < -0.3 is 9.84 Å². The van der Waals surface area contributed by atoms with Gasteiger partial charge in [0.1, 0.15) is 5.60 Å². The second kappa shape index (κ2) is 9.42. The molecule has 156 valence electrons. The van der Waals surface area contributed by atoms with Crippen molar-refractivity contribution in [2.75, 3.05) is 32.8 Å². The van der Waals surface area contributed by atoms with Gasteiger partial charge in [-0.15, -0.1) is 0 Å². The Balaban J connectivity index is 1.76. The van der Waals surface area contributed by atoms with Crippen LogP contribution in [0, 0.1) is 12.8 Å². The Morgan fingerprint density at radius 1 is 0.966 bits per heavy atom. The Labute approximate surface area is 175 Å². The third-order valence-electron chi connectivity index (χ3n) is 7.02. The first kappa shape index (κ1) is 20.6. The molecule has 0 spiro atoms. The summed E-state index contributed by atoms with van der Waals surface area (Å²) >= 11 is 0. The Bertz CT molecular complexity index is 748. The average Bonchev–Trinajstić information content (AvgIpc) is 2.79. The van der Waals surface area contributed by atoms with Crippen molar-refractivity contribution < 1.29 is 9.84 Å². The predicted molar refractivity (Wildman–Crippen MR) is 118 cm³/mol. The van der Waals surface area contributed by atoms with Crippen LogP contribution in [0.4, 0.5) is 0 Å². The minimum Gasteiger partial charge on any atom is -0.384 e. The van der Waals surface area contributed by atoms with Gasteiger partial charge in [0, 0.05) is 25.6 Å². The lowest BCUT2D eigenvalue weighted by Crippen LogP contribution is -2.48. The summed E-state index contributed by atoms with van der Waals surface area (Å²) in [5.74, 6) is 0.345. The van der Waals surface area contributed by atoms with Crippen LogP contribution in [-0.4, -0.2) is 42.9 Å². The zero-order valence-electron chi connectivity index (χ0n) is 17.7. The maximum Gasteiger partial charge on any atom is 0.100 e. The van der Waals surface area contributed by atoms with Crippen molar-refractivity contribution in [2.45, 2.75) is 50.5 Å². The van der Waals surface area contributed by atoms with E-state index in [9.17, 15) is 5.11 Å². The van der Waals surface area contributed by atoms with Crippen LogP contribution in [0.25, 0.3) is 0 Å². The van der Waals surface area contributed by atoms with Gasteiger partial charge in [-0.2, -0.15) is 0 Å². The maximum absolute atomic E-state index is 12.6. The number of benzene rings is 2. The van der Waals surface area contributed by atoms with Crippen LogP contribution in [-0.2, 0) is 10.3 Å². The summed E-state index contributed by atoms with van der Waals surface area (Å²) in [5.41, 5.74) is 2.71. The number of nitrogens with zero attached hydrogens (tertiary/aromatic N) is 1. The van der Waals surface area contributed by atoms with E-state index in [0.29, 0.717) is 5.92 Å². The fourth-order valence-corrected chi connectivity index (χ4v) is 5.31. The lowest BCUT2D eigenvalue weighted by atomic mass is 9.65. The SMILES string of the molecule is Cc1ccc(C(O)(C2CCCCC2)C(CN2CCOCC2)c2ccccc2)cc1. The van der Waals surface area contributed by atoms with Gasteiger partial charge in [-0.3, -0.25) is 4.90 Å². The number of rotatable bonds is 6. The molecule has 0 aromatic heterocycles. The average molecular weight is 394 g/mol. The number of hydrogen-bond acceptors (Lipinski definition) is 3. The lowest BCUT2D eigenvalue weighted by molar-refractivity contribution is -0.0758. The first-order valence-corrected chi connectivity index (χ1v) is 11.3. The van der Waals surface area contributed by atoms with Gasteiger partial charge >= 0.3 is 0 Å². The first-order valence-electron chi connectivity index (χ1n) is 11.3. The standard InChI is InChI=1S/C26H35NO2/c1-21-12-14-24(15-13-21)26(28,23-10-6-3-7-11-23)25(22-8-4-2-5-9-22)20-27-16-18-29-19-17-27/h2,4-5,8-9,12-15,23,25,28H,3,6-7,10-11,16-20H2,1H3. The summed E-state index contributed by atoms with van der Waals surface area (Å²) in [6.45, 7) is 6.44. The summed E-state index contributed by atoms with van der Waals surface area (Å²) in [7, 11) is 0. The highest BCUT2D eigenvalue weighted by Gasteiger charge is 2.46. The summed E-state index contributed by atoms with van der Waals surface area (Å²) in [5, 5.41) is 12.6. The second-order valence-corrected chi connectivity index (χ2v) is 8.90. The van der Waals surface area contributed by atoms with E-state index in [1.54, 1.807) is 0 Å². The molecule has 1 saturated heterocycles. The molecule has 2 aromatic carbocycles. The van der Waals surface area contributed by atoms with Gasteiger partial charge in [-0.1, -0.05) is 79.4 Å². The second-order valence-electron chi connectivity index (χ2n) is 8.90. The molecule has 1 aliphatic carbocycles. The fourth-order valence-electron chi connectivity index (χ4n) is 5.31. The van der Waals surface area contributed by atoms with E-state index in [1.807, 2.05) is 0 Å². The predicted octanol–water partition coefficient (Wildman–Crippen LogP) is 4.88. The molecular weight excluding hydrogens is 358 g/mol. The van der Waals surface area contributed by atoms with E-state index >= 15 is 0 Å². The van der Waals surface area contributed by atoms with Crippen LogP contribution < -0.4 is 0 Å². The molecule has 3 heteroatoms. The molecule has 1 heterocycles. The molecule has 29 heavy (non-hydrogen) atoms. The quantitative estimate of drug-likeness (QED) is 0.759. The van der Waals surface area contributed by atoms with Crippen LogP contribution in [0.5, 0.6) is 0 Å². The zero-order chi connectivity index (χ0) is 20.1. The summed E-state index contributed by atoms with van der Waals surface area (Å²) in [6.07, 6.45) is 5.95. The van der Waals surface area contributed by atoms with E-state index in [4.69, 9.17) is 4.74 Å². The van der Waals surface area contributed by atoms with Crippen molar-refractivity contribution in [1.29, 1.82) is 0 Å². The first-order chi connectivity index (χ1) is 14.2. The smallest absolute Gasteiger partial charge is 0.100 e. The van der Waals surface area contributed by atoms with Gasteiger partial charge in [0.25, 0.3) is 0 Å². The van der Waals surface area contributed by atoms with Crippen molar-refractivity contribution in [3.8, 4) is 0 Å². The van der Waals surface area contributed by atoms with Gasteiger partial charge in [-0.25, -0.2) is 0 Å². The van der Waals surface area contributed by atoms with Crippen LogP contribution in [0.2, 0.25) is 0 Å². The van der Waals surface area contributed by atoms with E-state index in [-0.39, 0.29) is 5.92 Å². The van der Waals surface area contributed by atoms with Crippen LogP contribution >= 0.6 is 0 Å². The van der Waals surface area contributed by atoms with Gasteiger partial charge in [0.05, 0.1) is 13.2 Å².